The molecule has 1 aromatic rings. The highest BCUT2D eigenvalue weighted by Crippen LogP contribution is 2.22. The van der Waals surface area contributed by atoms with Gasteiger partial charge in [0, 0.05) is 36.9 Å². The Morgan fingerprint density at radius 1 is 1.21 bits per heavy atom. The van der Waals surface area contributed by atoms with E-state index in [2.05, 4.69) is 26.4 Å². The molecule has 0 unspecified atom stereocenters. The topological polar surface area (TPSA) is 60.6 Å². The molecule has 0 atom stereocenters. The van der Waals surface area contributed by atoms with Crippen LogP contribution in [0.25, 0.3) is 0 Å². The van der Waals surface area contributed by atoms with Gasteiger partial charge in [-0.2, -0.15) is 0 Å². The summed E-state index contributed by atoms with van der Waals surface area (Å²) in [5.41, 5.74) is 7.51. The van der Waals surface area contributed by atoms with Crippen molar-refractivity contribution in [3.05, 3.63) is 28.8 Å². The first-order chi connectivity index (χ1) is 11.6. The summed E-state index contributed by atoms with van der Waals surface area (Å²) in [4.78, 5) is 2.33. The highest BCUT2D eigenvalue weighted by Gasteiger charge is 2.09. The molecule has 1 fully saturated rings. The summed E-state index contributed by atoms with van der Waals surface area (Å²) >= 11 is 16.5. The molecule has 24 heavy (non-hydrogen) atoms. The molecule has 1 heterocycles. The van der Waals surface area contributed by atoms with Gasteiger partial charge < -0.3 is 15.4 Å². The van der Waals surface area contributed by atoms with Gasteiger partial charge in [0.2, 0.25) is 0 Å². The fourth-order valence-corrected chi connectivity index (χ4v) is 2.70. The number of anilines is 1. The van der Waals surface area contributed by atoms with Crippen molar-refractivity contribution in [3.63, 3.8) is 0 Å². The van der Waals surface area contributed by atoms with Crippen molar-refractivity contribution in [2.24, 2.45) is 0 Å². The lowest BCUT2D eigenvalue weighted by Gasteiger charge is -2.26. The maximum Gasteiger partial charge on any atom is 0.189 e. The minimum atomic E-state index is 0.415. The molecule has 0 aromatic heterocycles. The molecule has 0 amide bonds. The van der Waals surface area contributed by atoms with E-state index in [9.17, 15) is 0 Å². The van der Waals surface area contributed by atoms with Crippen LogP contribution in [0.15, 0.2) is 18.2 Å². The molecule has 0 saturated carbocycles. The minimum Gasteiger partial charge on any atom is -0.379 e. The predicted molar refractivity (Wildman–Crippen MR) is 107 cm³/mol. The third-order valence-corrected chi connectivity index (χ3v) is 4.48. The molecule has 132 valence electrons. The quantitative estimate of drug-likeness (QED) is 0.459. The SMILES string of the molecule is Cc1c(Cl)cccc1NC(=S)NNC(=S)NCCN1CCOCC1. The highest BCUT2D eigenvalue weighted by molar-refractivity contribution is 7.80. The molecule has 2 rings (SSSR count). The first-order valence-corrected chi connectivity index (χ1v) is 8.92. The predicted octanol–water partition coefficient (Wildman–Crippen LogP) is 1.65. The molecular formula is C15H22ClN5OS2. The maximum absolute atomic E-state index is 6.08. The summed E-state index contributed by atoms with van der Waals surface area (Å²) in [5, 5.41) is 7.82. The van der Waals surface area contributed by atoms with E-state index < -0.39 is 0 Å². The second-order valence-electron chi connectivity index (χ2n) is 5.33. The van der Waals surface area contributed by atoms with Crippen LogP contribution in [0.4, 0.5) is 5.69 Å². The maximum atomic E-state index is 6.08. The number of nitrogens with one attached hydrogen (secondary N) is 4. The smallest absolute Gasteiger partial charge is 0.189 e. The number of hydrazine groups is 1. The Balaban J connectivity index is 1.63. The van der Waals surface area contributed by atoms with E-state index in [1.807, 2.05) is 25.1 Å². The molecule has 6 nitrogen and oxygen atoms in total. The van der Waals surface area contributed by atoms with Gasteiger partial charge in [0.05, 0.1) is 13.2 Å². The van der Waals surface area contributed by atoms with Crippen molar-refractivity contribution < 1.29 is 4.74 Å². The van der Waals surface area contributed by atoms with Crippen molar-refractivity contribution in [2.45, 2.75) is 6.92 Å². The van der Waals surface area contributed by atoms with E-state index in [4.69, 9.17) is 40.8 Å². The number of hydrogen-bond acceptors (Lipinski definition) is 4. The van der Waals surface area contributed by atoms with E-state index in [0.29, 0.717) is 15.2 Å². The van der Waals surface area contributed by atoms with Crippen molar-refractivity contribution >= 4 is 51.9 Å². The summed E-state index contributed by atoms with van der Waals surface area (Å²) < 4.78 is 5.32. The number of morpholine rings is 1. The molecule has 1 aromatic carbocycles. The van der Waals surface area contributed by atoms with Crippen LogP contribution in [0.3, 0.4) is 0 Å². The van der Waals surface area contributed by atoms with Crippen LogP contribution < -0.4 is 21.5 Å². The average Bonchev–Trinajstić information content (AvgIpc) is 2.58. The summed E-state index contributed by atoms with van der Waals surface area (Å²) in [5.74, 6) is 0. The molecule has 0 bridgehead atoms. The van der Waals surface area contributed by atoms with Crippen LogP contribution in [-0.2, 0) is 4.74 Å². The zero-order valence-corrected chi connectivity index (χ0v) is 15.9. The Hall–Kier alpha value is -1.19. The fraction of sp³-hybridized carbons (Fsp3) is 0.467. The summed E-state index contributed by atoms with van der Waals surface area (Å²) in [6.07, 6.45) is 0. The Bertz CT molecular complexity index is 581. The first-order valence-electron chi connectivity index (χ1n) is 7.72. The average molecular weight is 388 g/mol. The Labute approximate surface area is 158 Å². The lowest BCUT2D eigenvalue weighted by Crippen LogP contribution is -2.50. The molecule has 9 heteroatoms. The van der Waals surface area contributed by atoms with Crippen molar-refractivity contribution in [2.75, 3.05) is 44.7 Å². The van der Waals surface area contributed by atoms with Crippen LogP contribution in [-0.4, -0.2) is 54.5 Å². The zero-order valence-electron chi connectivity index (χ0n) is 13.5. The monoisotopic (exact) mass is 387 g/mol. The van der Waals surface area contributed by atoms with Crippen LogP contribution in [0.1, 0.15) is 5.56 Å². The van der Waals surface area contributed by atoms with Gasteiger partial charge in [0.1, 0.15) is 0 Å². The number of nitrogens with zero attached hydrogens (tertiary/aromatic N) is 1. The van der Waals surface area contributed by atoms with Gasteiger partial charge in [0.25, 0.3) is 0 Å². The molecule has 1 saturated heterocycles. The van der Waals surface area contributed by atoms with Gasteiger partial charge in [-0.25, -0.2) is 0 Å². The van der Waals surface area contributed by atoms with Crippen molar-refractivity contribution in [1.29, 1.82) is 0 Å². The normalized spacial score (nSPS) is 14.8. The van der Waals surface area contributed by atoms with Gasteiger partial charge in [0.15, 0.2) is 10.2 Å². The summed E-state index contributed by atoms with van der Waals surface area (Å²) in [6.45, 7) is 7.15. The zero-order chi connectivity index (χ0) is 17.4. The Morgan fingerprint density at radius 3 is 2.67 bits per heavy atom. The first kappa shape index (κ1) is 19.1. The van der Waals surface area contributed by atoms with Crippen LogP contribution in [0.5, 0.6) is 0 Å². The van der Waals surface area contributed by atoms with Crippen LogP contribution >= 0.6 is 36.0 Å². The van der Waals surface area contributed by atoms with Crippen molar-refractivity contribution in [1.82, 2.24) is 21.1 Å². The lowest BCUT2D eigenvalue weighted by molar-refractivity contribution is 0.0389. The third kappa shape index (κ3) is 6.37. The van der Waals surface area contributed by atoms with E-state index in [-0.39, 0.29) is 0 Å². The van der Waals surface area contributed by atoms with E-state index >= 15 is 0 Å². The van der Waals surface area contributed by atoms with E-state index in [1.165, 1.54) is 0 Å². The fourth-order valence-electron chi connectivity index (χ4n) is 2.21. The molecule has 4 N–H and O–H groups in total. The number of ether oxygens (including phenoxy) is 1. The van der Waals surface area contributed by atoms with Crippen LogP contribution in [0, 0.1) is 6.92 Å². The second-order valence-corrected chi connectivity index (χ2v) is 6.55. The number of rotatable bonds is 4. The molecule has 1 aliphatic rings. The van der Waals surface area contributed by atoms with Gasteiger partial charge >= 0.3 is 0 Å². The van der Waals surface area contributed by atoms with Gasteiger partial charge in [-0.05, 0) is 49.1 Å². The molecule has 1 aliphatic heterocycles. The summed E-state index contributed by atoms with van der Waals surface area (Å²) in [6, 6.07) is 5.62. The second kappa shape index (κ2) is 9.95. The van der Waals surface area contributed by atoms with Gasteiger partial charge in [-0.3, -0.25) is 15.8 Å². The number of halogens is 1. The van der Waals surface area contributed by atoms with Gasteiger partial charge in [-0.1, -0.05) is 17.7 Å². The summed E-state index contributed by atoms with van der Waals surface area (Å²) in [7, 11) is 0. The third-order valence-electron chi connectivity index (χ3n) is 3.62. The lowest BCUT2D eigenvalue weighted by atomic mass is 10.2. The number of benzene rings is 1. The van der Waals surface area contributed by atoms with E-state index in [0.717, 1.165) is 50.6 Å². The van der Waals surface area contributed by atoms with Gasteiger partial charge in [-0.15, -0.1) is 0 Å². The minimum absolute atomic E-state index is 0.415. The Morgan fingerprint density at radius 2 is 1.92 bits per heavy atom. The molecular weight excluding hydrogens is 366 g/mol. The standard InChI is InChI=1S/C15H22ClN5OS2/c1-11-12(16)3-2-4-13(11)18-15(24)20-19-14(23)17-5-6-21-7-9-22-10-8-21/h2-4H,5-10H2,1H3,(H2,17,19,23)(H2,18,20,24). The molecule has 0 radical (unpaired) electrons. The largest absolute Gasteiger partial charge is 0.379 e. The Kier molecular flexibility index (Phi) is 7.93. The van der Waals surface area contributed by atoms with Crippen molar-refractivity contribution in [3.8, 4) is 0 Å². The highest BCUT2D eigenvalue weighted by atomic mass is 35.5. The molecule has 0 spiro atoms. The number of thiocarbonyl (C=S) groups is 2. The number of hydrogen-bond donors (Lipinski definition) is 4. The molecule has 0 aliphatic carbocycles. The van der Waals surface area contributed by atoms with Crippen LogP contribution in [0.2, 0.25) is 5.02 Å². The van der Waals surface area contributed by atoms with E-state index in [1.54, 1.807) is 0 Å².